The first-order valence-electron chi connectivity index (χ1n) is 7.43. The molecule has 25 heavy (non-hydrogen) atoms. The number of methoxy groups -OCH3 is 1. The second-order valence-electron chi connectivity index (χ2n) is 5.16. The molecule has 0 atom stereocenters. The van der Waals surface area contributed by atoms with Gasteiger partial charge < -0.3 is 25.4 Å². The number of halogens is 1. The van der Waals surface area contributed by atoms with Crippen molar-refractivity contribution in [3.05, 3.63) is 40.8 Å². The summed E-state index contributed by atoms with van der Waals surface area (Å²) in [6, 6.07) is 3.86. The number of aliphatic hydroxyl groups is 1. The van der Waals surface area contributed by atoms with Crippen LogP contribution < -0.4 is 10.6 Å². The SMILES string of the molecule is CNC(=O)c1cccc(F)c1NC1=C(C(=O)OC)CN(CCO)C1=O. The molecule has 9 heteroatoms. The number of nitrogens with zero attached hydrogens (tertiary/aromatic N) is 1. The summed E-state index contributed by atoms with van der Waals surface area (Å²) in [7, 11) is 2.55. The van der Waals surface area contributed by atoms with Crippen molar-refractivity contribution >= 4 is 23.5 Å². The largest absolute Gasteiger partial charge is 0.466 e. The first-order valence-corrected chi connectivity index (χ1v) is 7.43. The molecule has 134 valence electrons. The number of carbonyl (C=O) groups excluding carboxylic acids is 3. The van der Waals surface area contributed by atoms with E-state index in [4.69, 9.17) is 5.11 Å². The number of esters is 1. The molecule has 0 spiro atoms. The minimum atomic E-state index is -0.758. The van der Waals surface area contributed by atoms with Gasteiger partial charge in [-0.15, -0.1) is 0 Å². The van der Waals surface area contributed by atoms with E-state index in [0.29, 0.717) is 0 Å². The molecule has 1 aromatic rings. The molecule has 0 saturated heterocycles. The van der Waals surface area contributed by atoms with Crippen molar-refractivity contribution in [1.29, 1.82) is 0 Å². The Labute approximate surface area is 143 Å². The molecule has 0 aromatic heterocycles. The summed E-state index contributed by atoms with van der Waals surface area (Å²) in [5, 5.41) is 14.0. The van der Waals surface area contributed by atoms with Gasteiger partial charge in [-0.1, -0.05) is 6.07 Å². The minimum absolute atomic E-state index is 0.00405. The molecule has 0 unspecified atom stereocenters. The van der Waals surface area contributed by atoms with E-state index in [2.05, 4.69) is 15.4 Å². The maximum atomic E-state index is 14.2. The van der Waals surface area contributed by atoms with Gasteiger partial charge in [-0.05, 0) is 12.1 Å². The van der Waals surface area contributed by atoms with Crippen molar-refractivity contribution < 1.29 is 28.6 Å². The van der Waals surface area contributed by atoms with Crippen LogP contribution in [-0.4, -0.2) is 61.6 Å². The second kappa shape index (κ2) is 7.75. The number of anilines is 1. The quantitative estimate of drug-likeness (QED) is 0.616. The fourth-order valence-electron chi connectivity index (χ4n) is 2.45. The Kier molecular flexibility index (Phi) is 5.71. The lowest BCUT2D eigenvalue weighted by molar-refractivity contribution is -0.136. The average molecular weight is 351 g/mol. The van der Waals surface area contributed by atoms with Crippen molar-refractivity contribution in [1.82, 2.24) is 10.2 Å². The van der Waals surface area contributed by atoms with E-state index in [1.165, 1.54) is 24.1 Å². The molecule has 1 aromatic carbocycles. The number of hydrogen-bond acceptors (Lipinski definition) is 6. The number of carbonyl (C=O) groups is 3. The molecule has 1 aliphatic heterocycles. The molecule has 0 fully saturated rings. The third-order valence-electron chi connectivity index (χ3n) is 3.69. The van der Waals surface area contributed by atoms with Crippen molar-refractivity contribution in [2.45, 2.75) is 0 Å². The number of aliphatic hydroxyl groups excluding tert-OH is 1. The van der Waals surface area contributed by atoms with Crippen LogP contribution in [0.25, 0.3) is 0 Å². The molecule has 8 nitrogen and oxygen atoms in total. The summed E-state index contributed by atoms with van der Waals surface area (Å²) in [5.41, 5.74) is -0.437. The van der Waals surface area contributed by atoms with Crippen LogP contribution in [0.1, 0.15) is 10.4 Å². The first kappa shape index (κ1) is 18.4. The van der Waals surface area contributed by atoms with Crippen molar-refractivity contribution in [2.75, 3.05) is 39.2 Å². The Morgan fingerprint density at radius 2 is 2.12 bits per heavy atom. The number of nitrogens with one attached hydrogen (secondary N) is 2. The number of hydrogen-bond donors (Lipinski definition) is 3. The maximum absolute atomic E-state index is 14.2. The van der Waals surface area contributed by atoms with Crippen LogP contribution in [0.2, 0.25) is 0 Å². The second-order valence-corrected chi connectivity index (χ2v) is 5.16. The molecule has 0 bridgehead atoms. The highest BCUT2D eigenvalue weighted by Crippen LogP contribution is 2.27. The molecule has 2 amide bonds. The lowest BCUT2D eigenvalue weighted by atomic mass is 10.1. The standard InChI is InChI=1S/C16H18FN3O5/c1-18-14(22)9-4-3-5-11(17)12(9)19-13-10(16(24)25-2)8-20(6-7-21)15(13)23/h3-5,19,21H,6-8H2,1-2H3,(H,18,22). The smallest absolute Gasteiger partial charge is 0.337 e. The third kappa shape index (κ3) is 3.61. The van der Waals surface area contributed by atoms with Crippen LogP contribution in [0.3, 0.4) is 0 Å². The molecule has 0 aliphatic carbocycles. The van der Waals surface area contributed by atoms with Crippen LogP contribution in [0.15, 0.2) is 29.5 Å². The Balaban J connectivity index is 2.47. The van der Waals surface area contributed by atoms with Gasteiger partial charge >= 0.3 is 5.97 Å². The Hall–Kier alpha value is -2.94. The lowest BCUT2D eigenvalue weighted by Crippen LogP contribution is -2.31. The number of benzene rings is 1. The Bertz CT molecular complexity index is 747. The minimum Gasteiger partial charge on any atom is -0.466 e. The highest BCUT2D eigenvalue weighted by molar-refractivity contribution is 6.09. The molecule has 0 saturated carbocycles. The van der Waals surface area contributed by atoms with E-state index >= 15 is 0 Å². The molecule has 1 aliphatic rings. The van der Waals surface area contributed by atoms with Crippen molar-refractivity contribution in [2.24, 2.45) is 0 Å². The summed E-state index contributed by atoms with van der Waals surface area (Å²) in [6.45, 7) is -0.376. The van der Waals surface area contributed by atoms with Crippen molar-refractivity contribution in [3.63, 3.8) is 0 Å². The highest BCUT2D eigenvalue weighted by atomic mass is 19.1. The molecule has 2 rings (SSSR count). The molecular weight excluding hydrogens is 333 g/mol. The van der Waals surface area contributed by atoms with Gasteiger partial charge in [-0.25, -0.2) is 9.18 Å². The molecular formula is C16H18FN3O5. The number of ether oxygens (including phenoxy) is 1. The lowest BCUT2D eigenvalue weighted by Gasteiger charge is -2.16. The number of β-amino-alcohol motifs (C(OH)–C–C–N with tert-alkyl or cyclic N) is 1. The number of rotatable bonds is 6. The zero-order chi connectivity index (χ0) is 18.6. The van der Waals surface area contributed by atoms with Gasteiger partial charge in [0.05, 0.1) is 37.1 Å². The molecule has 1 heterocycles. The summed E-state index contributed by atoms with van der Waals surface area (Å²) in [5.74, 6) is -2.67. The Morgan fingerprint density at radius 1 is 1.40 bits per heavy atom. The van der Waals surface area contributed by atoms with Gasteiger partial charge in [-0.3, -0.25) is 9.59 Å². The fraction of sp³-hybridized carbons (Fsp3) is 0.312. The normalized spacial score (nSPS) is 13.9. The Morgan fingerprint density at radius 3 is 2.72 bits per heavy atom. The van der Waals surface area contributed by atoms with E-state index in [0.717, 1.165) is 13.2 Å². The van der Waals surface area contributed by atoms with Crippen LogP contribution >= 0.6 is 0 Å². The van der Waals surface area contributed by atoms with E-state index in [1.54, 1.807) is 0 Å². The fourth-order valence-corrected chi connectivity index (χ4v) is 2.45. The third-order valence-corrected chi connectivity index (χ3v) is 3.69. The van der Waals surface area contributed by atoms with Gasteiger partial charge in [0.1, 0.15) is 11.5 Å². The van der Waals surface area contributed by atoms with Gasteiger partial charge in [-0.2, -0.15) is 0 Å². The van der Waals surface area contributed by atoms with E-state index in [-0.39, 0.29) is 42.2 Å². The van der Waals surface area contributed by atoms with Gasteiger partial charge in [0.15, 0.2) is 0 Å². The summed E-state index contributed by atoms with van der Waals surface area (Å²) in [4.78, 5) is 37.5. The van der Waals surface area contributed by atoms with E-state index in [1.807, 2.05) is 0 Å². The highest BCUT2D eigenvalue weighted by Gasteiger charge is 2.35. The predicted octanol–water partition coefficient (Wildman–Crippen LogP) is -0.141. The van der Waals surface area contributed by atoms with Crippen molar-refractivity contribution in [3.8, 4) is 0 Å². The zero-order valence-electron chi connectivity index (χ0n) is 13.8. The zero-order valence-corrected chi connectivity index (χ0v) is 13.8. The van der Waals surface area contributed by atoms with Gasteiger partial charge in [0, 0.05) is 13.6 Å². The van der Waals surface area contributed by atoms with Crippen LogP contribution in [0.4, 0.5) is 10.1 Å². The number of amides is 2. The van der Waals surface area contributed by atoms with E-state index in [9.17, 15) is 18.8 Å². The predicted molar refractivity (Wildman–Crippen MR) is 86.1 cm³/mol. The number of para-hydroxylation sites is 1. The first-order chi connectivity index (χ1) is 11.9. The van der Waals surface area contributed by atoms with Gasteiger partial charge in [0.25, 0.3) is 11.8 Å². The topological polar surface area (TPSA) is 108 Å². The maximum Gasteiger partial charge on any atom is 0.337 e. The van der Waals surface area contributed by atoms with Crippen LogP contribution in [0.5, 0.6) is 0 Å². The monoisotopic (exact) mass is 351 g/mol. The van der Waals surface area contributed by atoms with Crippen LogP contribution in [-0.2, 0) is 14.3 Å². The molecule has 0 radical (unpaired) electrons. The van der Waals surface area contributed by atoms with Crippen LogP contribution in [0, 0.1) is 5.82 Å². The van der Waals surface area contributed by atoms with Gasteiger partial charge in [0.2, 0.25) is 0 Å². The summed E-state index contributed by atoms with van der Waals surface area (Å²) >= 11 is 0. The summed E-state index contributed by atoms with van der Waals surface area (Å²) < 4.78 is 18.9. The molecule has 3 N–H and O–H groups in total. The average Bonchev–Trinajstić information content (AvgIpc) is 2.92. The summed E-state index contributed by atoms with van der Waals surface area (Å²) in [6.07, 6.45) is 0. The van der Waals surface area contributed by atoms with E-state index < -0.39 is 23.6 Å².